The van der Waals surface area contributed by atoms with Gasteiger partial charge in [-0.3, -0.25) is 0 Å². The molecule has 0 atom stereocenters. The standard InChI is InChI=1S/C13H18O3/c1-5-16-11-7-6-9(12(14)15)8-10(11)13(2,3)4/h6-8H,5H2,1-4H3,(H,14,15). The van der Waals surface area contributed by atoms with E-state index in [9.17, 15) is 4.79 Å². The molecular formula is C13H18O3. The van der Waals surface area contributed by atoms with Gasteiger partial charge in [-0.1, -0.05) is 20.8 Å². The number of rotatable bonds is 3. The molecule has 0 saturated carbocycles. The molecule has 1 N–H and O–H groups in total. The first-order valence-corrected chi connectivity index (χ1v) is 5.37. The summed E-state index contributed by atoms with van der Waals surface area (Å²) in [4.78, 5) is 10.9. The van der Waals surface area contributed by atoms with Crippen LogP contribution in [0.15, 0.2) is 18.2 Å². The van der Waals surface area contributed by atoms with E-state index in [1.54, 1.807) is 18.2 Å². The number of hydrogen-bond acceptors (Lipinski definition) is 2. The molecule has 0 spiro atoms. The van der Waals surface area contributed by atoms with Crippen molar-refractivity contribution in [1.29, 1.82) is 0 Å². The quantitative estimate of drug-likeness (QED) is 0.854. The van der Waals surface area contributed by atoms with Crippen LogP contribution in [0.4, 0.5) is 0 Å². The predicted molar refractivity (Wildman–Crippen MR) is 63.3 cm³/mol. The minimum absolute atomic E-state index is 0.129. The van der Waals surface area contributed by atoms with Crippen molar-refractivity contribution in [2.24, 2.45) is 0 Å². The number of carbonyl (C=O) groups is 1. The van der Waals surface area contributed by atoms with E-state index in [-0.39, 0.29) is 5.41 Å². The van der Waals surface area contributed by atoms with E-state index in [1.165, 1.54) is 0 Å². The third kappa shape index (κ3) is 2.75. The van der Waals surface area contributed by atoms with Crippen LogP contribution in [-0.2, 0) is 5.41 Å². The van der Waals surface area contributed by atoms with Crippen molar-refractivity contribution in [3.8, 4) is 5.75 Å². The lowest BCUT2D eigenvalue weighted by atomic mass is 9.85. The Morgan fingerprint density at radius 3 is 2.44 bits per heavy atom. The van der Waals surface area contributed by atoms with Crippen molar-refractivity contribution >= 4 is 5.97 Å². The molecule has 0 unspecified atom stereocenters. The highest BCUT2D eigenvalue weighted by atomic mass is 16.5. The molecule has 0 heterocycles. The molecule has 0 bridgehead atoms. The number of carboxylic acid groups (broad SMARTS) is 1. The van der Waals surface area contributed by atoms with Crippen LogP contribution >= 0.6 is 0 Å². The largest absolute Gasteiger partial charge is 0.494 e. The second kappa shape index (κ2) is 4.56. The van der Waals surface area contributed by atoms with Crippen molar-refractivity contribution < 1.29 is 14.6 Å². The van der Waals surface area contributed by atoms with E-state index in [1.807, 2.05) is 27.7 Å². The van der Waals surface area contributed by atoms with Crippen LogP contribution in [0.25, 0.3) is 0 Å². The number of hydrogen-bond donors (Lipinski definition) is 1. The van der Waals surface area contributed by atoms with Gasteiger partial charge in [0.2, 0.25) is 0 Å². The number of aromatic carboxylic acids is 1. The zero-order chi connectivity index (χ0) is 12.3. The summed E-state index contributed by atoms with van der Waals surface area (Å²) in [6, 6.07) is 4.99. The van der Waals surface area contributed by atoms with E-state index >= 15 is 0 Å². The fourth-order valence-corrected chi connectivity index (χ4v) is 1.53. The lowest BCUT2D eigenvalue weighted by Gasteiger charge is -2.23. The third-order valence-corrected chi connectivity index (χ3v) is 2.33. The zero-order valence-electron chi connectivity index (χ0n) is 10.2. The Hall–Kier alpha value is -1.51. The van der Waals surface area contributed by atoms with E-state index in [0.29, 0.717) is 12.2 Å². The van der Waals surface area contributed by atoms with Crippen LogP contribution < -0.4 is 4.74 Å². The van der Waals surface area contributed by atoms with Crippen LogP contribution in [0.2, 0.25) is 0 Å². The molecule has 0 fully saturated rings. The number of benzene rings is 1. The van der Waals surface area contributed by atoms with Gasteiger partial charge in [0.05, 0.1) is 12.2 Å². The molecule has 1 aromatic rings. The van der Waals surface area contributed by atoms with Gasteiger partial charge in [0.1, 0.15) is 5.75 Å². The highest BCUT2D eigenvalue weighted by Crippen LogP contribution is 2.32. The SMILES string of the molecule is CCOc1ccc(C(=O)O)cc1C(C)(C)C. The topological polar surface area (TPSA) is 46.5 Å². The van der Waals surface area contributed by atoms with Crippen molar-refractivity contribution in [1.82, 2.24) is 0 Å². The lowest BCUT2D eigenvalue weighted by Crippen LogP contribution is -2.14. The van der Waals surface area contributed by atoms with Crippen LogP contribution in [0.5, 0.6) is 5.75 Å². The van der Waals surface area contributed by atoms with E-state index in [2.05, 4.69) is 0 Å². The summed E-state index contributed by atoms with van der Waals surface area (Å²) < 4.78 is 5.51. The molecule has 0 aromatic heterocycles. The van der Waals surface area contributed by atoms with Gasteiger partial charge in [-0.25, -0.2) is 4.79 Å². The lowest BCUT2D eigenvalue weighted by molar-refractivity contribution is 0.0696. The Labute approximate surface area is 96.1 Å². The maximum atomic E-state index is 10.9. The van der Waals surface area contributed by atoms with Crippen molar-refractivity contribution in [3.63, 3.8) is 0 Å². The molecule has 3 heteroatoms. The summed E-state index contributed by atoms with van der Waals surface area (Å²) >= 11 is 0. The summed E-state index contributed by atoms with van der Waals surface area (Å²) in [5, 5.41) is 8.95. The molecule has 0 saturated heterocycles. The van der Waals surface area contributed by atoms with E-state index in [0.717, 1.165) is 11.3 Å². The van der Waals surface area contributed by atoms with Gasteiger partial charge in [-0.05, 0) is 30.5 Å². The smallest absolute Gasteiger partial charge is 0.335 e. The molecule has 0 amide bonds. The van der Waals surface area contributed by atoms with Crippen LogP contribution in [0, 0.1) is 0 Å². The average Bonchev–Trinajstić information content (AvgIpc) is 2.16. The Morgan fingerprint density at radius 2 is 2.00 bits per heavy atom. The van der Waals surface area contributed by atoms with E-state index in [4.69, 9.17) is 9.84 Å². The second-order valence-electron chi connectivity index (χ2n) is 4.70. The van der Waals surface area contributed by atoms with E-state index < -0.39 is 5.97 Å². The molecule has 1 rings (SSSR count). The summed E-state index contributed by atoms with van der Waals surface area (Å²) in [6.07, 6.45) is 0. The minimum atomic E-state index is -0.909. The van der Waals surface area contributed by atoms with Gasteiger partial charge in [-0.2, -0.15) is 0 Å². The number of ether oxygens (including phenoxy) is 1. The van der Waals surface area contributed by atoms with Crippen molar-refractivity contribution in [2.45, 2.75) is 33.1 Å². The highest BCUT2D eigenvalue weighted by molar-refractivity contribution is 5.88. The molecule has 0 aliphatic heterocycles. The fraction of sp³-hybridized carbons (Fsp3) is 0.462. The van der Waals surface area contributed by atoms with Gasteiger partial charge in [0.25, 0.3) is 0 Å². The molecule has 0 radical (unpaired) electrons. The van der Waals surface area contributed by atoms with Gasteiger partial charge in [0, 0.05) is 5.56 Å². The fourth-order valence-electron chi connectivity index (χ4n) is 1.53. The molecule has 16 heavy (non-hydrogen) atoms. The molecular weight excluding hydrogens is 204 g/mol. The normalized spacial score (nSPS) is 11.2. The van der Waals surface area contributed by atoms with Gasteiger partial charge in [-0.15, -0.1) is 0 Å². The molecule has 0 aliphatic rings. The molecule has 3 nitrogen and oxygen atoms in total. The summed E-state index contributed by atoms with van der Waals surface area (Å²) in [5.41, 5.74) is 1.10. The van der Waals surface area contributed by atoms with Gasteiger partial charge in [0.15, 0.2) is 0 Å². The summed E-state index contributed by atoms with van der Waals surface area (Å²) in [6.45, 7) is 8.61. The Balaban J connectivity index is 3.27. The van der Waals surface area contributed by atoms with Crippen LogP contribution in [0.3, 0.4) is 0 Å². The van der Waals surface area contributed by atoms with Gasteiger partial charge >= 0.3 is 5.97 Å². The Bertz CT molecular complexity index is 389. The second-order valence-corrected chi connectivity index (χ2v) is 4.70. The maximum absolute atomic E-state index is 10.9. The molecule has 0 aliphatic carbocycles. The highest BCUT2D eigenvalue weighted by Gasteiger charge is 2.20. The van der Waals surface area contributed by atoms with Gasteiger partial charge < -0.3 is 9.84 Å². The average molecular weight is 222 g/mol. The monoisotopic (exact) mass is 222 g/mol. The van der Waals surface area contributed by atoms with Crippen LogP contribution in [-0.4, -0.2) is 17.7 Å². The third-order valence-electron chi connectivity index (χ3n) is 2.33. The summed E-state index contributed by atoms with van der Waals surface area (Å²) in [7, 11) is 0. The Morgan fingerprint density at radius 1 is 1.38 bits per heavy atom. The first kappa shape index (κ1) is 12.6. The zero-order valence-corrected chi connectivity index (χ0v) is 10.2. The van der Waals surface area contributed by atoms with Crippen LogP contribution in [0.1, 0.15) is 43.6 Å². The summed E-state index contributed by atoms with van der Waals surface area (Å²) in [5.74, 6) is -0.145. The molecule has 1 aromatic carbocycles. The van der Waals surface area contributed by atoms with Crippen molar-refractivity contribution in [3.05, 3.63) is 29.3 Å². The minimum Gasteiger partial charge on any atom is -0.494 e. The first-order chi connectivity index (χ1) is 7.36. The maximum Gasteiger partial charge on any atom is 0.335 e. The predicted octanol–water partition coefficient (Wildman–Crippen LogP) is 3.08. The molecule has 88 valence electrons. The number of carboxylic acids is 1. The first-order valence-electron chi connectivity index (χ1n) is 5.37. The Kier molecular flexibility index (Phi) is 3.58. The van der Waals surface area contributed by atoms with Crippen molar-refractivity contribution in [2.75, 3.05) is 6.61 Å².